The largest absolute Gasteiger partial charge is 0.461 e. The average molecular weight is 520 g/mol. The van der Waals surface area contributed by atoms with Gasteiger partial charge in [-0.05, 0) is 72.6 Å². The van der Waals surface area contributed by atoms with Crippen molar-refractivity contribution in [3.8, 4) is 6.07 Å². The molecule has 1 heterocycles. The van der Waals surface area contributed by atoms with Gasteiger partial charge in [-0.15, -0.1) is 0 Å². The number of aromatic nitrogens is 2. The molecule has 0 radical (unpaired) electrons. The zero-order chi connectivity index (χ0) is 23.4. The first-order valence-corrected chi connectivity index (χ1v) is 11.1. The lowest BCUT2D eigenvalue weighted by molar-refractivity contribution is 0.0518. The fourth-order valence-electron chi connectivity index (χ4n) is 3.35. The quantitative estimate of drug-likeness (QED) is 0.372. The summed E-state index contributed by atoms with van der Waals surface area (Å²) in [6.45, 7) is 5.86. The molecule has 1 atom stereocenters. The number of rotatable bonds is 7. The van der Waals surface area contributed by atoms with Crippen LogP contribution in [0.3, 0.4) is 0 Å². The topological polar surface area (TPSA) is 79.9 Å². The Morgan fingerprint density at radius 1 is 1.31 bits per heavy atom. The summed E-state index contributed by atoms with van der Waals surface area (Å²) in [5, 5.41) is 12.5. The molecule has 0 spiro atoms. The van der Waals surface area contributed by atoms with Crippen LogP contribution < -0.4 is 5.32 Å². The Morgan fingerprint density at radius 2 is 2.00 bits per heavy atom. The lowest BCUT2D eigenvalue weighted by Crippen LogP contribution is -2.22. The van der Waals surface area contributed by atoms with E-state index in [1.807, 2.05) is 18.4 Å². The first-order valence-electron chi connectivity index (χ1n) is 9.93. The monoisotopic (exact) mass is 518 g/mol. The van der Waals surface area contributed by atoms with Gasteiger partial charge in [0.05, 0.1) is 35.0 Å². The van der Waals surface area contributed by atoms with E-state index in [0.717, 1.165) is 5.56 Å². The molecule has 0 fully saturated rings. The zero-order valence-electron chi connectivity index (χ0n) is 17.7. The second-order valence-corrected chi connectivity index (χ2v) is 8.36. The number of halogens is 3. The third kappa shape index (κ3) is 4.95. The SMILES string of the molecule is CCOC(=O)c1nc(Br)n(C(C)C)c1C(Nc1ccc(F)c(Cl)c1)c1ccc(C#N)cc1. The Balaban J connectivity index is 2.23. The number of hydrogen-bond acceptors (Lipinski definition) is 5. The van der Waals surface area contributed by atoms with Crippen molar-refractivity contribution in [1.29, 1.82) is 5.26 Å². The second kappa shape index (κ2) is 10.2. The minimum atomic E-state index is -0.579. The van der Waals surface area contributed by atoms with Crippen molar-refractivity contribution < 1.29 is 13.9 Å². The summed E-state index contributed by atoms with van der Waals surface area (Å²) in [6, 6.07) is 12.7. The number of carbonyl (C=O) groups is 1. The molecule has 1 N–H and O–H groups in total. The average Bonchev–Trinajstić information content (AvgIpc) is 3.12. The van der Waals surface area contributed by atoms with Crippen molar-refractivity contribution in [3.63, 3.8) is 0 Å². The summed E-state index contributed by atoms with van der Waals surface area (Å²) in [5.41, 5.74) is 2.54. The number of nitrogens with one attached hydrogen (secondary N) is 1. The van der Waals surface area contributed by atoms with Gasteiger partial charge in [-0.3, -0.25) is 0 Å². The highest BCUT2D eigenvalue weighted by atomic mass is 79.9. The Kier molecular flexibility index (Phi) is 7.54. The van der Waals surface area contributed by atoms with Crippen LogP contribution in [-0.4, -0.2) is 22.1 Å². The first-order chi connectivity index (χ1) is 15.3. The van der Waals surface area contributed by atoms with Gasteiger partial charge >= 0.3 is 5.97 Å². The summed E-state index contributed by atoms with van der Waals surface area (Å²) >= 11 is 9.45. The molecule has 166 valence electrons. The van der Waals surface area contributed by atoms with Gasteiger partial charge in [0, 0.05) is 11.7 Å². The van der Waals surface area contributed by atoms with Crippen molar-refractivity contribution >= 4 is 39.2 Å². The molecule has 0 bridgehead atoms. The molecule has 0 aliphatic carbocycles. The maximum atomic E-state index is 13.7. The van der Waals surface area contributed by atoms with Gasteiger partial charge in [0.2, 0.25) is 0 Å². The Hall–Kier alpha value is -2.89. The number of nitrogens with zero attached hydrogens (tertiary/aromatic N) is 3. The number of ether oxygens (including phenoxy) is 1. The van der Waals surface area contributed by atoms with E-state index >= 15 is 0 Å². The van der Waals surface area contributed by atoms with E-state index < -0.39 is 17.8 Å². The van der Waals surface area contributed by atoms with E-state index in [1.54, 1.807) is 37.3 Å². The van der Waals surface area contributed by atoms with E-state index in [9.17, 15) is 14.4 Å². The predicted molar refractivity (Wildman–Crippen MR) is 124 cm³/mol. The van der Waals surface area contributed by atoms with Crippen LogP contribution in [-0.2, 0) is 4.74 Å². The van der Waals surface area contributed by atoms with Gasteiger partial charge in [-0.25, -0.2) is 14.2 Å². The first kappa shape index (κ1) is 23.8. The minimum absolute atomic E-state index is 0.0299. The number of esters is 1. The highest BCUT2D eigenvalue weighted by Crippen LogP contribution is 2.35. The van der Waals surface area contributed by atoms with Crippen molar-refractivity contribution in [2.45, 2.75) is 32.9 Å². The molecule has 6 nitrogen and oxygen atoms in total. The molecule has 2 aromatic carbocycles. The lowest BCUT2D eigenvalue weighted by Gasteiger charge is -2.25. The summed E-state index contributed by atoms with van der Waals surface area (Å²) in [4.78, 5) is 17.2. The lowest BCUT2D eigenvalue weighted by atomic mass is 9.99. The highest BCUT2D eigenvalue weighted by molar-refractivity contribution is 9.10. The van der Waals surface area contributed by atoms with E-state index in [4.69, 9.17) is 16.3 Å². The molecular formula is C23H21BrClFN4O2. The van der Waals surface area contributed by atoms with Crippen LogP contribution in [0.5, 0.6) is 0 Å². The third-order valence-electron chi connectivity index (χ3n) is 4.77. The molecule has 1 aromatic heterocycles. The molecule has 9 heteroatoms. The maximum absolute atomic E-state index is 13.7. The molecular weight excluding hydrogens is 499 g/mol. The minimum Gasteiger partial charge on any atom is -0.461 e. The summed E-state index contributed by atoms with van der Waals surface area (Å²) in [5.74, 6) is -1.09. The Bertz CT molecular complexity index is 1170. The van der Waals surface area contributed by atoms with Crippen LogP contribution in [0.4, 0.5) is 10.1 Å². The number of carbonyl (C=O) groups excluding carboxylic acids is 1. The zero-order valence-corrected chi connectivity index (χ0v) is 20.0. The molecule has 32 heavy (non-hydrogen) atoms. The standard InChI is InChI=1S/C23H21BrClFN4O2/c1-4-32-22(31)20-21(30(13(2)3)23(24)29-20)19(15-7-5-14(12-27)6-8-15)28-16-9-10-18(26)17(25)11-16/h5-11,13,19,28H,4H2,1-3H3. The number of nitriles is 1. The van der Waals surface area contributed by atoms with Gasteiger partial charge in [0.15, 0.2) is 10.4 Å². The summed E-state index contributed by atoms with van der Waals surface area (Å²) < 4.78 is 21.3. The number of imidazole rings is 1. The molecule has 3 rings (SSSR count). The summed E-state index contributed by atoms with van der Waals surface area (Å²) in [6.07, 6.45) is 0. The highest BCUT2D eigenvalue weighted by Gasteiger charge is 2.31. The van der Waals surface area contributed by atoms with Crippen LogP contribution in [0.25, 0.3) is 0 Å². The predicted octanol–water partition coefficient (Wildman–Crippen LogP) is 6.27. The number of hydrogen-bond donors (Lipinski definition) is 1. The van der Waals surface area contributed by atoms with Crippen LogP contribution >= 0.6 is 27.5 Å². The van der Waals surface area contributed by atoms with Crippen molar-refractivity contribution in [1.82, 2.24) is 9.55 Å². The number of benzene rings is 2. The van der Waals surface area contributed by atoms with Crippen molar-refractivity contribution in [2.24, 2.45) is 0 Å². The van der Waals surface area contributed by atoms with E-state index in [2.05, 4.69) is 32.3 Å². The van der Waals surface area contributed by atoms with E-state index in [-0.39, 0.29) is 23.4 Å². The van der Waals surface area contributed by atoms with Crippen molar-refractivity contribution in [2.75, 3.05) is 11.9 Å². The molecule has 0 saturated heterocycles. The number of anilines is 1. The molecule has 0 amide bonds. The normalized spacial score (nSPS) is 11.8. The third-order valence-corrected chi connectivity index (χ3v) is 5.62. The van der Waals surface area contributed by atoms with E-state index in [0.29, 0.717) is 21.7 Å². The molecule has 0 saturated carbocycles. The molecule has 1 unspecified atom stereocenters. The van der Waals surface area contributed by atoms with Gasteiger partial charge in [-0.2, -0.15) is 5.26 Å². The van der Waals surface area contributed by atoms with Crippen LogP contribution in [0.1, 0.15) is 60.2 Å². The van der Waals surface area contributed by atoms with Crippen LogP contribution in [0, 0.1) is 17.1 Å². The fraction of sp³-hybridized carbons (Fsp3) is 0.261. The maximum Gasteiger partial charge on any atom is 0.358 e. The smallest absolute Gasteiger partial charge is 0.358 e. The Morgan fingerprint density at radius 3 is 2.56 bits per heavy atom. The van der Waals surface area contributed by atoms with Gasteiger partial charge in [0.1, 0.15) is 5.82 Å². The fourth-order valence-corrected chi connectivity index (χ4v) is 4.30. The molecule has 3 aromatic rings. The Labute approximate surface area is 199 Å². The van der Waals surface area contributed by atoms with E-state index in [1.165, 1.54) is 12.1 Å². The van der Waals surface area contributed by atoms with Crippen LogP contribution in [0.2, 0.25) is 5.02 Å². The van der Waals surface area contributed by atoms with Crippen LogP contribution in [0.15, 0.2) is 47.2 Å². The molecule has 0 aliphatic heterocycles. The van der Waals surface area contributed by atoms with Gasteiger partial charge in [-0.1, -0.05) is 23.7 Å². The van der Waals surface area contributed by atoms with Crippen molar-refractivity contribution in [3.05, 3.63) is 80.6 Å². The molecule has 0 aliphatic rings. The summed E-state index contributed by atoms with van der Waals surface area (Å²) in [7, 11) is 0. The van der Waals surface area contributed by atoms with Gasteiger partial charge in [0.25, 0.3) is 0 Å². The second-order valence-electron chi connectivity index (χ2n) is 7.24. The van der Waals surface area contributed by atoms with Gasteiger partial charge < -0.3 is 14.6 Å².